The topological polar surface area (TPSA) is 93.8 Å². The summed E-state index contributed by atoms with van der Waals surface area (Å²) >= 11 is 8.61. The number of halogens is 3. The van der Waals surface area contributed by atoms with Gasteiger partial charge in [-0.15, -0.1) is 0 Å². The third-order valence-electron chi connectivity index (χ3n) is 3.56. The molecule has 3 N–H and O–H groups in total. The number of carbonyl (C=O) groups excluding carboxylic acids is 2. The maximum absolute atomic E-state index is 13.3. The number of Topliss-reactive ketones (excluding diaryl/α,β-unsaturated/α-hetero) is 1. The molecule has 1 amide bonds. The van der Waals surface area contributed by atoms with Crippen molar-refractivity contribution in [2.75, 3.05) is 12.8 Å². The molecule has 0 aliphatic heterocycles. The van der Waals surface area contributed by atoms with E-state index in [1.807, 2.05) is 0 Å². The van der Waals surface area contributed by atoms with Crippen molar-refractivity contribution in [3.63, 3.8) is 0 Å². The van der Waals surface area contributed by atoms with Crippen LogP contribution < -0.4 is 11.1 Å². The molecule has 0 saturated carbocycles. The van der Waals surface area contributed by atoms with Crippen molar-refractivity contribution in [3.8, 4) is 0 Å². The van der Waals surface area contributed by atoms with Gasteiger partial charge in [-0.25, -0.2) is 4.39 Å². The fraction of sp³-hybridized carbons (Fsp3) is 0.400. The number of nitrogens with one attached hydrogen (secondary N) is 1. The highest BCUT2D eigenvalue weighted by Crippen LogP contribution is 2.25. The summed E-state index contributed by atoms with van der Waals surface area (Å²) in [5, 5.41) is 4.39. The van der Waals surface area contributed by atoms with Gasteiger partial charge in [0.2, 0.25) is 10.9 Å². The summed E-state index contributed by atoms with van der Waals surface area (Å²) in [6, 6.07) is 2.80. The van der Waals surface area contributed by atoms with Crippen molar-refractivity contribution in [1.82, 2.24) is 5.32 Å². The highest BCUT2D eigenvalue weighted by atomic mass is 79.9. The lowest BCUT2D eigenvalue weighted by Gasteiger charge is -2.28. The molecule has 1 aromatic rings. The normalized spacial score (nSPS) is 14.9. The van der Waals surface area contributed by atoms with Gasteiger partial charge in [-0.05, 0) is 41.4 Å². The number of nitrogens with zero attached hydrogens (tertiary/aromatic N) is 1. The molecule has 0 heterocycles. The van der Waals surface area contributed by atoms with Gasteiger partial charge in [0.05, 0.1) is 22.5 Å². The third-order valence-corrected chi connectivity index (χ3v) is 4.29. The Kier molecular flexibility index (Phi) is 7.16. The number of nitrogens with two attached hydrogens (primary N) is 1. The van der Waals surface area contributed by atoms with Gasteiger partial charge in [-0.3, -0.25) is 9.59 Å². The Bertz CT molecular complexity index is 670. The van der Waals surface area contributed by atoms with Crippen LogP contribution in [0.5, 0.6) is 0 Å². The minimum absolute atomic E-state index is 0.147. The van der Waals surface area contributed by atoms with Crippen molar-refractivity contribution in [1.29, 1.82) is 0 Å². The molecule has 9 heteroatoms. The lowest BCUT2D eigenvalue weighted by Crippen LogP contribution is -2.53. The fourth-order valence-corrected chi connectivity index (χ4v) is 2.61. The Hall–Kier alpha value is -1.67. The fourth-order valence-electron chi connectivity index (χ4n) is 1.87. The SMILES string of the molecule is CCC(C)(NC(=O)c1cc(Cl)c(N)c(C=NOC)c1)C(=O)C(F)Br. The zero-order valence-electron chi connectivity index (χ0n) is 13.4. The van der Waals surface area contributed by atoms with Gasteiger partial charge in [-0.1, -0.05) is 23.7 Å². The zero-order chi connectivity index (χ0) is 18.5. The van der Waals surface area contributed by atoms with Gasteiger partial charge in [0.25, 0.3) is 5.91 Å². The molecule has 0 fully saturated rings. The number of hydrogen-bond acceptors (Lipinski definition) is 5. The van der Waals surface area contributed by atoms with Crippen LogP contribution in [0.4, 0.5) is 10.1 Å². The Morgan fingerprint density at radius 3 is 2.71 bits per heavy atom. The van der Waals surface area contributed by atoms with Crippen LogP contribution in [0.1, 0.15) is 36.2 Å². The van der Waals surface area contributed by atoms with Crippen LogP contribution in [-0.2, 0) is 9.63 Å². The Morgan fingerprint density at radius 1 is 1.58 bits per heavy atom. The van der Waals surface area contributed by atoms with Crippen molar-refractivity contribution in [2.24, 2.45) is 5.16 Å². The average molecular weight is 423 g/mol. The molecule has 0 aliphatic carbocycles. The van der Waals surface area contributed by atoms with Crippen LogP contribution in [0.3, 0.4) is 0 Å². The van der Waals surface area contributed by atoms with E-state index < -0.39 is 22.3 Å². The molecule has 0 aromatic heterocycles. The lowest BCUT2D eigenvalue weighted by atomic mass is 9.93. The summed E-state index contributed by atoms with van der Waals surface area (Å²) < 4.78 is 13.3. The first-order valence-electron chi connectivity index (χ1n) is 6.96. The van der Waals surface area contributed by atoms with Crippen LogP contribution in [0.15, 0.2) is 17.3 Å². The largest absolute Gasteiger partial charge is 0.399 e. The third kappa shape index (κ3) is 4.67. The maximum Gasteiger partial charge on any atom is 0.252 e. The van der Waals surface area contributed by atoms with E-state index in [2.05, 4.69) is 31.2 Å². The number of amides is 1. The second-order valence-electron chi connectivity index (χ2n) is 5.18. The molecule has 1 aromatic carbocycles. The van der Waals surface area contributed by atoms with Gasteiger partial charge in [-0.2, -0.15) is 0 Å². The number of ketones is 1. The van der Waals surface area contributed by atoms with Crippen molar-refractivity contribution in [2.45, 2.75) is 30.9 Å². The molecule has 0 bridgehead atoms. The second kappa shape index (κ2) is 8.43. The van der Waals surface area contributed by atoms with E-state index in [0.29, 0.717) is 5.56 Å². The number of rotatable bonds is 7. The van der Waals surface area contributed by atoms with E-state index in [0.717, 1.165) is 0 Å². The van der Waals surface area contributed by atoms with Crippen molar-refractivity contribution >= 4 is 51.1 Å². The van der Waals surface area contributed by atoms with E-state index in [-0.39, 0.29) is 22.7 Å². The van der Waals surface area contributed by atoms with Crippen LogP contribution >= 0.6 is 27.5 Å². The summed E-state index contributed by atoms with van der Waals surface area (Å²) in [6.07, 6.45) is 1.52. The number of oxime groups is 1. The molecule has 0 saturated heterocycles. The Morgan fingerprint density at radius 2 is 2.21 bits per heavy atom. The molecule has 2 unspecified atom stereocenters. The first-order valence-corrected chi connectivity index (χ1v) is 8.26. The molecule has 0 aliphatic rings. The zero-order valence-corrected chi connectivity index (χ0v) is 15.7. The number of carbonyl (C=O) groups is 2. The monoisotopic (exact) mass is 421 g/mol. The number of hydrogen-bond donors (Lipinski definition) is 2. The van der Waals surface area contributed by atoms with Crippen molar-refractivity contribution < 1.29 is 18.8 Å². The molecular formula is C15H18BrClFN3O3. The Balaban J connectivity index is 3.17. The molecule has 0 radical (unpaired) electrons. The quantitative estimate of drug-likeness (QED) is 0.306. The molecular weight excluding hydrogens is 405 g/mol. The highest BCUT2D eigenvalue weighted by Gasteiger charge is 2.37. The molecule has 2 atom stereocenters. The number of anilines is 1. The summed E-state index contributed by atoms with van der Waals surface area (Å²) in [6.45, 7) is 3.12. The number of alkyl halides is 2. The van der Waals surface area contributed by atoms with Gasteiger partial charge in [0, 0.05) is 11.1 Å². The van der Waals surface area contributed by atoms with E-state index in [4.69, 9.17) is 17.3 Å². The molecule has 132 valence electrons. The van der Waals surface area contributed by atoms with E-state index in [9.17, 15) is 14.0 Å². The summed E-state index contributed by atoms with van der Waals surface area (Å²) in [4.78, 5) is 29.0. The Labute approximate surface area is 152 Å². The van der Waals surface area contributed by atoms with E-state index >= 15 is 0 Å². The van der Waals surface area contributed by atoms with Crippen LogP contribution in [0.2, 0.25) is 5.02 Å². The summed E-state index contributed by atoms with van der Waals surface area (Å²) in [5.41, 5.74) is 5.21. The molecule has 0 spiro atoms. The predicted molar refractivity (Wildman–Crippen MR) is 95.5 cm³/mol. The predicted octanol–water partition coefficient (Wildman–Crippen LogP) is 3.06. The summed E-state index contributed by atoms with van der Waals surface area (Å²) in [7, 11) is 1.36. The second-order valence-corrected chi connectivity index (χ2v) is 6.39. The van der Waals surface area contributed by atoms with Crippen LogP contribution in [0.25, 0.3) is 0 Å². The van der Waals surface area contributed by atoms with Crippen LogP contribution in [-0.4, -0.2) is 35.6 Å². The van der Waals surface area contributed by atoms with Gasteiger partial charge in [0.15, 0.2) is 0 Å². The number of nitrogen functional groups attached to an aromatic ring is 1. The highest BCUT2D eigenvalue weighted by molar-refractivity contribution is 9.09. The summed E-state index contributed by atoms with van der Waals surface area (Å²) in [5.74, 6) is -1.36. The van der Waals surface area contributed by atoms with Gasteiger partial charge >= 0.3 is 0 Å². The van der Waals surface area contributed by atoms with E-state index in [1.165, 1.54) is 32.4 Å². The van der Waals surface area contributed by atoms with Gasteiger partial charge in [0.1, 0.15) is 7.11 Å². The van der Waals surface area contributed by atoms with Gasteiger partial charge < -0.3 is 15.9 Å². The smallest absolute Gasteiger partial charge is 0.252 e. The first kappa shape index (κ1) is 20.4. The molecule has 6 nitrogen and oxygen atoms in total. The standard InChI is InChI=1S/C15H18BrClFN3O3/c1-4-15(2,12(22)13(16)18)21-14(23)8-5-9(7-20-24-3)11(19)10(17)6-8/h5-7,13H,4,19H2,1-3H3,(H,21,23). The maximum atomic E-state index is 13.3. The first-order chi connectivity index (χ1) is 11.2. The van der Waals surface area contributed by atoms with E-state index in [1.54, 1.807) is 6.92 Å². The number of benzene rings is 1. The minimum atomic E-state index is -1.87. The average Bonchev–Trinajstić information content (AvgIpc) is 2.54. The molecule has 1 rings (SSSR count). The van der Waals surface area contributed by atoms with Crippen LogP contribution in [0, 0.1) is 0 Å². The molecule has 24 heavy (non-hydrogen) atoms. The van der Waals surface area contributed by atoms with Crippen molar-refractivity contribution in [3.05, 3.63) is 28.3 Å². The lowest BCUT2D eigenvalue weighted by molar-refractivity contribution is -0.126. The minimum Gasteiger partial charge on any atom is -0.399 e.